The second-order valence-electron chi connectivity index (χ2n) is 5.94. The van der Waals surface area contributed by atoms with E-state index in [1.165, 1.54) is 5.39 Å². The van der Waals surface area contributed by atoms with Gasteiger partial charge in [0.1, 0.15) is 5.69 Å². The molecule has 26 heavy (non-hydrogen) atoms. The van der Waals surface area contributed by atoms with Crippen molar-refractivity contribution in [2.45, 2.75) is 6.54 Å². The molecule has 5 heteroatoms. The minimum atomic E-state index is -0.206. The van der Waals surface area contributed by atoms with Crippen LogP contribution in [0.25, 0.3) is 22.1 Å². The zero-order valence-electron chi connectivity index (χ0n) is 13.8. The van der Waals surface area contributed by atoms with E-state index >= 15 is 0 Å². The number of hydrogen-bond donors (Lipinski definition) is 1. The van der Waals surface area contributed by atoms with Crippen LogP contribution in [0.3, 0.4) is 0 Å². The highest BCUT2D eigenvalue weighted by Crippen LogP contribution is 2.25. The van der Waals surface area contributed by atoms with E-state index in [1.54, 1.807) is 24.3 Å². The normalized spacial score (nSPS) is 10.8. The average Bonchev–Trinajstić information content (AvgIpc) is 3.15. The van der Waals surface area contributed by atoms with Crippen LogP contribution in [0.15, 0.2) is 77.3 Å². The largest absolute Gasteiger partial charge is 0.356 e. The van der Waals surface area contributed by atoms with Gasteiger partial charge in [0.05, 0.1) is 6.54 Å². The highest BCUT2D eigenvalue weighted by atomic mass is 35.5. The second kappa shape index (κ2) is 7.02. The third-order valence-corrected chi connectivity index (χ3v) is 4.34. The van der Waals surface area contributed by atoms with E-state index in [9.17, 15) is 4.79 Å². The van der Waals surface area contributed by atoms with Gasteiger partial charge in [-0.25, -0.2) is 0 Å². The summed E-state index contributed by atoms with van der Waals surface area (Å²) in [5.74, 6) is 0.463. The van der Waals surface area contributed by atoms with Gasteiger partial charge >= 0.3 is 0 Å². The Morgan fingerprint density at radius 1 is 0.962 bits per heavy atom. The number of halogens is 1. The molecular formula is C21H15ClN2O2. The molecule has 128 valence electrons. The molecule has 0 unspecified atom stereocenters. The van der Waals surface area contributed by atoms with Gasteiger partial charge in [0, 0.05) is 22.2 Å². The van der Waals surface area contributed by atoms with E-state index in [1.807, 2.05) is 30.3 Å². The zero-order valence-corrected chi connectivity index (χ0v) is 14.5. The predicted molar refractivity (Wildman–Crippen MR) is 102 cm³/mol. The lowest BCUT2D eigenvalue weighted by atomic mass is 10.1. The molecule has 1 amide bonds. The van der Waals surface area contributed by atoms with Crippen LogP contribution < -0.4 is 5.32 Å². The van der Waals surface area contributed by atoms with Gasteiger partial charge in [-0.1, -0.05) is 59.2 Å². The van der Waals surface area contributed by atoms with Gasteiger partial charge in [-0.2, -0.15) is 0 Å². The van der Waals surface area contributed by atoms with Gasteiger partial charge in [-0.15, -0.1) is 0 Å². The second-order valence-corrected chi connectivity index (χ2v) is 6.37. The summed E-state index contributed by atoms with van der Waals surface area (Å²) in [5.41, 5.74) is 2.11. The van der Waals surface area contributed by atoms with Crippen molar-refractivity contribution in [3.8, 4) is 11.3 Å². The van der Waals surface area contributed by atoms with Crippen LogP contribution in [-0.2, 0) is 6.54 Å². The maximum Gasteiger partial charge on any atom is 0.251 e. The minimum absolute atomic E-state index is 0.206. The summed E-state index contributed by atoms with van der Waals surface area (Å²) in [5, 5.41) is 9.69. The van der Waals surface area contributed by atoms with Gasteiger partial charge in [-0.05, 0) is 35.0 Å². The number of carbonyl (C=O) groups is 1. The van der Waals surface area contributed by atoms with Crippen LogP contribution in [0.2, 0.25) is 5.02 Å². The molecule has 0 aliphatic rings. The van der Waals surface area contributed by atoms with Crippen molar-refractivity contribution in [1.29, 1.82) is 0 Å². The Labute approximate surface area is 155 Å². The molecule has 3 aromatic carbocycles. The van der Waals surface area contributed by atoms with Gasteiger partial charge in [0.25, 0.3) is 5.91 Å². The number of aromatic nitrogens is 1. The van der Waals surface area contributed by atoms with Crippen LogP contribution in [0.4, 0.5) is 0 Å². The number of amides is 1. The fraction of sp³-hybridized carbons (Fsp3) is 0.0476. The molecule has 0 atom stereocenters. The molecule has 0 saturated heterocycles. The van der Waals surface area contributed by atoms with Gasteiger partial charge in [0.15, 0.2) is 5.76 Å². The molecule has 0 saturated carbocycles. The maximum atomic E-state index is 12.2. The third-order valence-electron chi connectivity index (χ3n) is 4.11. The third kappa shape index (κ3) is 3.46. The standard InChI is InChI=1S/C21H15ClN2O2/c22-18-7-3-6-17(11-18)21(25)23-13-19-12-20(26-24-19)16-9-8-14-4-1-2-5-15(14)10-16/h1-12H,13H2,(H,23,25). The number of fused-ring (bicyclic) bond motifs is 1. The first-order valence-corrected chi connectivity index (χ1v) is 8.55. The lowest BCUT2D eigenvalue weighted by Gasteiger charge is -2.03. The van der Waals surface area contributed by atoms with Crippen molar-refractivity contribution < 1.29 is 9.32 Å². The fourth-order valence-corrected chi connectivity index (χ4v) is 2.97. The van der Waals surface area contributed by atoms with Crippen LogP contribution in [0.1, 0.15) is 16.1 Å². The molecular weight excluding hydrogens is 348 g/mol. The van der Waals surface area contributed by atoms with Crippen LogP contribution in [-0.4, -0.2) is 11.1 Å². The first kappa shape index (κ1) is 16.4. The molecule has 4 rings (SSSR count). The average molecular weight is 363 g/mol. The summed E-state index contributed by atoms with van der Waals surface area (Å²) in [4.78, 5) is 12.2. The number of carbonyl (C=O) groups excluding carboxylic acids is 1. The summed E-state index contributed by atoms with van der Waals surface area (Å²) >= 11 is 5.91. The van der Waals surface area contributed by atoms with Crippen LogP contribution >= 0.6 is 11.6 Å². The first-order valence-electron chi connectivity index (χ1n) is 8.17. The molecule has 0 spiro atoms. The van der Waals surface area contributed by atoms with E-state index in [0.717, 1.165) is 10.9 Å². The molecule has 1 N–H and O–H groups in total. The van der Waals surface area contributed by atoms with Crippen LogP contribution in [0.5, 0.6) is 0 Å². The summed E-state index contributed by atoms with van der Waals surface area (Å²) in [6.45, 7) is 0.280. The Kier molecular flexibility index (Phi) is 4.42. The van der Waals surface area contributed by atoms with Crippen molar-refractivity contribution in [3.05, 3.63) is 89.1 Å². The maximum absolute atomic E-state index is 12.2. The summed E-state index contributed by atoms with van der Waals surface area (Å²) in [7, 11) is 0. The Bertz CT molecular complexity index is 1090. The number of nitrogens with zero attached hydrogens (tertiary/aromatic N) is 1. The molecule has 0 aliphatic carbocycles. The van der Waals surface area contributed by atoms with Crippen LogP contribution in [0, 0.1) is 0 Å². The predicted octanol–water partition coefficient (Wildman–Crippen LogP) is 5.08. The number of rotatable bonds is 4. The van der Waals surface area contributed by atoms with Crippen molar-refractivity contribution in [2.24, 2.45) is 0 Å². The lowest BCUT2D eigenvalue weighted by molar-refractivity contribution is 0.0950. The monoisotopic (exact) mass is 362 g/mol. The lowest BCUT2D eigenvalue weighted by Crippen LogP contribution is -2.22. The van der Waals surface area contributed by atoms with Crippen molar-refractivity contribution in [3.63, 3.8) is 0 Å². The Hall–Kier alpha value is -3.11. The van der Waals surface area contributed by atoms with E-state index < -0.39 is 0 Å². The number of nitrogens with one attached hydrogen (secondary N) is 1. The van der Waals surface area contributed by atoms with Gasteiger partial charge in [-0.3, -0.25) is 4.79 Å². The smallest absolute Gasteiger partial charge is 0.251 e. The SMILES string of the molecule is O=C(NCc1cc(-c2ccc3ccccc3c2)on1)c1cccc(Cl)c1. The highest BCUT2D eigenvalue weighted by molar-refractivity contribution is 6.30. The highest BCUT2D eigenvalue weighted by Gasteiger charge is 2.10. The minimum Gasteiger partial charge on any atom is -0.356 e. The van der Waals surface area contributed by atoms with E-state index in [2.05, 4.69) is 28.7 Å². The summed E-state index contributed by atoms with van der Waals surface area (Å²) < 4.78 is 5.43. The molecule has 0 bridgehead atoms. The van der Waals surface area contributed by atoms with E-state index in [4.69, 9.17) is 16.1 Å². The quantitative estimate of drug-likeness (QED) is 0.551. The molecule has 0 fully saturated rings. The number of hydrogen-bond acceptors (Lipinski definition) is 3. The Morgan fingerprint density at radius 2 is 1.81 bits per heavy atom. The van der Waals surface area contributed by atoms with E-state index in [0.29, 0.717) is 22.0 Å². The fourth-order valence-electron chi connectivity index (χ4n) is 2.78. The van der Waals surface area contributed by atoms with E-state index in [-0.39, 0.29) is 12.5 Å². The topological polar surface area (TPSA) is 55.1 Å². The van der Waals surface area contributed by atoms with Crippen molar-refractivity contribution in [1.82, 2.24) is 10.5 Å². The van der Waals surface area contributed by atoms with Crippen molar-refractivity contribution in [2.75, 3.05) is 0 Å². The molecule has 4 nitrogen and oxygen atoms in total. The molecule has 4 aromatic rings. The van der Waals surface area contributed by atoms with Gasteiger partial charge in [0.2, 0.25) is 0 Å². The summed E-state index contributed by atoms with van der Waals surface area (Å²) in [6.07, 6.45) is 0. The molecule has 0 aliphatic heterocycles. The van der Waals surface area contributed by atoms with Crippen molar-refractivity contribution >= 4 is 28.3 Å². The zero-order chi connectivity index (χ0) is 17.9. The van der Waals surface area contributed by atoms with Gasteiger partial charge < -0.3 is 9.84 Å². The summed E-state index contributed by atoms with van der Waals surface area (Å²) in [6, 6.07) is 22.9. The molecule has 1 aromatic heterocycles. The molecule has 0 radical (unpaired) electrons. The first-order chi connectivity index (χ1) is 12.7. The number of benzene rings is 3. The molecule has 1 heterocycles. The Morgan fingerprint density at radius 3 is 2.65 bits per heavy atom. The Balaban J connectivity index is 1.48.